The number of piperazine rings is 1. The van der Waals surface area contributed by atoms with Gasteiger partial charge in [-0.15, -0.1) is 0 Å². The summed E-state index contributed by atoms with van der Waals surface area (Å²) in [6, 6.07) is 18.8. The van der Waals surface area contributed by atoms with Crippen molar-refractivity contribution >= 4 is 40.0 Å². The summed E-state index contributed by atoms with van der Waals surface area (Å²) in [6.45, 7) is 7.91. The molecule has 188 valence electrons. The molecule has 0 radical (unpaired) electrons. The van der Waals surface area contributed by atoms with E-state index in [1.165, 1.54) is 17.8 Å². The molecule has 1 saturated heterocycles. The zero-order chi connectivity index (χ0) is 25.8. The molecule has 4 aromatic rings. The summed E-state index contributed by atoms with van der Waals surface area (Å²) >= 11 is 0. The number of anilines is 4. The highest BCUT2D eigenvalue weighted by atomic mass is 16.1. The summed E-state index contributed by atoms with van der Waals surface area (Å²) in [5.74, 6) is 0.116. The number of pyridine rings is 1. The predicted molar refractivity (Wildman–Crippen MR) is 148 cm³/mol. The average Bonchev–Trinajstić information content (AvgIpc) is 2.91. The molecule has 2 aromatic carbocycles. The van der Waals surface area contributed by atoms with Gasteiger partial charge in [0.05, 0.1) is 6.54 Å². The average molecular weight is 496 g/mol. The van der Waals surface area contributed by atoms with E-state index in [2.05, 4.69) is 56.2 Å². The number of nitrogens with one attached hydrogen (secondary N) is 2. The third-order valence-corrected chi connectivity index (χ3v) is 6.44. The Labute approximate surface area is 215 Å². The zero-order valence-corrected chi connectivity index (χ0v) is 20.7. The second-order valence-corrected chi connectivity index (χ2v) is 9.09. The van der Waals surface area contributed by atoms with Crippen LogP contribution in [-0.2, 0) is 11.3 Å². The third kappa shape index (κ3) is 5.68. The van der Waals surface area contributed by atoms with E-state index >= 15 is 0 Å². The Balaban J connectivity index is 1.37. The van der Waals surface area contributed by atoms with Gasteiger partial charge in [0.1, 0.15) is 5.65 Å². The number of hydrogen-bond acceptors (Lipinski definition) is 7. The number of fused-ring (bicyclic) bond motifs is 1. The molecule has 1 aliphatic rings. The molecule has 1 fully saturated rings. The standard InChI is InChI=1S/C28H29N7O2/c1-3-25(36)30-23-6-4-5-20(17-23)19-35-26(37)12-7-21-18-29-28(32-27(21)35)31-22-8-10-24(11-9-22)34-15-13-33(2)14-16-34/h3-12,17-18H,1,13-16,19H2,2H3,(H,30,36)(H,29,31,32). The van der Waals surface area contributed by atoms with Crippen molar-refractivity contribution in [3.63, 3.8) is 0 Å². The Kier molecular flexibility index (Phi) is 6.96. The number of hydrogen-bond donors (Lipinski definition) is 2. The number of carbonyl (C=O) groups is 1. The van der Waals surface area contributed by atoms with Crippen molar-refractivity contribution in [3.8, 4) is 0 Å². The molecular weight excluding hydrogens is 466 g/mol. The summed E-state index contributed by atoms with van der Waals surface area (Å²) in [6.07, 6.45) is 2.92. The molecule has 1 amide bonds. The van der Waals surface area contributed by atoms with Crippen LogP contribution in [0.2, 0.25) is 0 Å². The summed E-state index contributed by atoms with van der Waals surface area (Å²) in [7, 11) is 2.15. The Bertz CT molecular complexity index is 1490. The molecule has 9 nitrogen and oxygen atoms in total. The lowest BCUT2D eigenvalue weighted by Crippen LogP contribution is -2.44. The van der Waals surface area contributed by atoms with Crippen molar-refractivity contribution in [3.05, 3.63) is 95.4 Å². The van der Waals surface area contributed by atoms with Gasteiger partial charge in [-0.05, 0) is 61.2 Å². The predicted octanol–water partition coefficient (Wildman–Crippen LogP) is 3.46. The fraction of sp³-hybridized carbons (Fsp3) is 0.214. The maximum absolute atomic E-state index is 12.8. The van der Waals surface area contributed by atoms with Gasteiger partial charge in [-0.25, -0.2) is 4.98 Å². The fourth-order valence-electron chi connectivity index (χ4n) is 4.36. The van der Waals surface area contributed by atoms with E-state index in [-0.39, 0.29) is 11.5 Å². The van der Waals surface area contributed by atoms with Crippen LogP contribution >= 0.6 is 0 Å². The van der Waals surface area contributed by atoms with Crippen LogP contribution in [0.1, 0.15) is 5.56 Å². The highest BCUT2D eigenvalue weighted by molar-refractivity contribution is 5.98. The smallest absolute Gasteiger partial charge is 0.252 e. The molecule has 0 unspecified atom stereocenters. The molecule has 0 aliphatic carbocycles. The molecule has 0 atom stereocenters. The molecule has 2 aromatic heterocycles. The van der Waals surface area contributed by atoms with Crippen molar-refractivity contribution in [1.82, 2.24) is 19.4 Å². The molecule has 9 heteroatoms. The minimum Gasteiger partial charge on any atom is -0.369 e. The van der Waals surface area contributed by atoms with E-state index < -0.39 is 0 Å². The zero-order valence-electron chi connectivity index (χ0n) is 20.7. The first-order valence-electron chi connectivity index (χ1n) is 12.2. The lowest BCUT2D eigenvalue weighted by Gasteiger charge is -2.34. The summed E-state index contributed by atoms with van der Waals surface area (Å²) in [5.41, 5.74) is 3.90. The van der Waals surface area contributed by atoms with E-state index in [4.69, 9.17) is 0 Å². The minimum atomic E-state index is -0.292. The summed E-state index contributed by atoms with van der Waals surface area (Å²) < 4.78 is 1.60. The van der Waals surface area contributed by atoms with Crippen LogP contribution < -0.4 is 21.1 Å². The van der Waals surface area contributed by atoms with Crippen LogP contribution in [0.15, 0.2) is 84.3 Å². The molecule has 1 aliphatic heterocycles. The van der Waals surface area contributed by atoms with Crippen LogP contribution in [-0.4, -0.2) is 58.6 Å². The lowest BCUT2D eigenvalue weighted by atomic mass is 10.2. The molecule has 37 heavy (non-hydrogen) atoms. The Morgan fingerprint density at radius 1 is 1.03 bits per heavy atom. The second-order valence-electron chi connectivity index (χ2n) is 9.09. The Morgan fingerprint density at radius 3 is 2.57 bits per heavy atom. The van der Waals surface area contributed by atoms with Gasteiger partial charge in [0.15, 0.2) is 0 Å². The van der Waals surface area contributed by atoms with Gasteiger partial charge in [-0.2, -0.15) is 4.98 Å². The number of carbonyl (C=O) groups excluding carboxylic acids is 1. The van der Waals surface area contributed by atoms with Crippen LogP contribution in [0.4, 0.5) is 23.0 Å². The van der Waals surface area contributed by atoms with Crippen LogP contribution in [0.5, 0.6) is 0 Å². The number of likely N-dealkylation sites (N-methyl/N-ethyl adjacent to an activating group) is 1. The topological polar surface area (TPSA) is 95.4 Å². The summed E-state index contributed by atoms with van der Waals surface area (Å²) in [4.78, 5) is 38.3. The molecule has 5 rings (SSSR count). The monoisotopic (exact) mass is 495 g/mol. The largest absolute Gasteiger partial charge is 0.369 e. The molecule has 0 bridgehead atoms. The van der Waals surface area contributed by atoms with Gasteiger partial charge in [0.25, 0.3) is 5.56 Å². The van der Waals surface area contributed by atoms with Gasteiger partial charge in [0.2, 0.25) is 11.9 Å². The number of nitrogens with zero attached hydrogens (tertiary/aromatic N) is 5. The second kappa shape index (κ2) is 10.6. The van der Waals surface area contributed by atoms with Gasteiger partial charge in [0, 0.05) is 60.9 Å². The minimum absolute atomic E-state index is 0.172. The van der Waals surface area contributed by atoms with E-state index in [1.54, 1.807) is 22.9 Å². The Morgan fingerprint density at radius 2 is 1.81 bits per heavy atom. The summed E-state index contributed by atoms with van der Waals surface area (Å²) in [5, 5.41) is 6.76. The van der Waals surface area contributed by atoms with Crippen molar-refractivity contribution < 1.29 is 4.79 Å². The van der Waals surface area contributed by atoms with Crippen molar-refractivity contribution in [2.75, 3.05) is 48.8 Å². The quantitative estimate of drug-likeness (QED) is 0.379. The van der Waals surface area contributed by atoms with E-state index in [9.17, 15) is 9.59 Å². The Hall–Kier alpha value is -4.50. The van der Waals surface area contributed by atoms with Crippen LogP contribution in [0.3, 0.4) is 0 Å². The first-order chi connectivity index (χ1) is 18.0. The molecule has 0 saturated carbocycles. The molecular formula is C28H29N7O2. The number of amides is 1. The highest BCUT2D eigenvalue weighted by Crippen LogP contribution is 2.22. The molecule has 0 spiro atoms. The van der Waals surface area contributed by atoms with Gasteiger partial charge < -0.3 is 20.4 Å². The van der Waals surface area contributed by atoms with E-state index in [0.29, 0.717) is 23.8 Å². The van der Waals surface area contributed by atoms with Crippen molar-refractivity contribution in [1.29, 1.82) is 0 Å². The number of benzene rings is 2. The number of rotatable bonds is 7. The van der Waals surface area contributed by atoms with Crippen molar-refractivity contribution in [2.24, 2.45) is 0 Å². The fourth-order valence-corrected chi connectivity index (χ4v) is 4.36. The van der Waals surface area contributed by atoms with Crippen molar-refractivity contribution in [2.45, 2.75) is 6.54 Å². The van der Waals surface area contributed by atoms with Gasteiger partial charge in [-0.1, -0.05) is 18.7 Å². The number of aromatic nitrogens is 3. The van der Waals surface area contributed by atoms with E-state index in [1.807, 2.05) is 30.3 Å². The third-order valence-electron chi connectivity index (χ3n) is 6.44. The maximum Gasteiger partial charge on any atom is 0.252 e. The first-order valence-corrected chi connectivity index (χ1v) is 12.2. The molecule has 2 N–H and O–H groups in total. The van der Waals surface area contributed by atoms with Gasteiger partial charge in [-0.3, -0.25) is 14.2 Å². The molecule has 3 heterocycles. The van der Waals surface area contributed by atoms with Gasteiger partial charge >= 0.3 is 0 Å². The SMILES string of the molecule is C=CC(=O)Nc1cccc(Cn2c(=O)ccc3cnc(Nc4ccc(N5CCN(C)CC5)cc4)nc32)c1. The van der Waals surface area contributed by atoms with E-state index in [0.717, 1.165) is 42.8 Å². The van der Waals surface area contributed by atoms with Crippen LogP contribution in [0, 0.1) is 0 Å². The highest BCUT2D eigenvalue weighted by Gasteiger charge is 2.14. The maximum atomic E-state index is 12.8. The lowest BCUT2D eigenvalue weighted by molar-refractivity contribution is -0.111. The first kappa shape index (κ1) is 24.2. The normalized spacial score (nSPS) is 13.9. The van der Waals surface area contributed by atoms with Crippen LogP contribution in [0.25, 0.3) is 11.0 Å².